The van der Waals surface area contributed by atoms with Crippen LogP contribution in [0, 0.1) is 6.92 Å². The van der Waals surface area contributed by atoms with Gasteiger partial charge in [0.15, 0.2) is 0 Å². The molecule has 0 saturated carbocycles. The Morgan fingerprint density at radius 3 is 2.80 bits per heavy atom. The zero-order valence-corrected chi connectivity index (χ0v) is 8.44. The predicted molar refractivity (Wildman–Crippen MR) is 61.8 cm³/mol. The van der Waals surface area contributed by atoms with Gasteiger partial charge in [-0.2, -0.15) is 0 Å². The summed E-state index contributed by atoms with van der Waals surface area (Å²) in [4.78, 5) is 8.78. The number of rotatable bonds is 0. The number of aromatic nitrogens is 2. The molecular weight excluding hydrogens is 184 g/mol. The Morgan fingerprint density at radius 1 is 0.933 bits per heavy atom. The normalized spacial score (nSPS) is 11.0. The van der Waals surface area contributed by atoms with Crippen molar-refractivity contribution in [3.8, 4) is 0 Å². The Bertz CT molecular complexity index is 644. The molecule has 3 rings (SSSR count). The lowest BCUT2D eigenvalue weighted by molar-refractivity contribution is 1.36. The fourth-order valence-electron chi connectivity index (χ4n) is 1.94. The van der Waals surface area contributed by atoms with E-state index in [1.807, 2.05) is 30.6 Å². The highest BCUT2D eigenvalue weighted by Gasteiger charge is 2.03. The quantitative estimate of drug-likeness (QED) is 0.514. The van der Waals surface area contributed by atoms with Crippen LogP contribution in [-0.2, 0) is 0 Å². The maximum Gasteiger partial charge on any atom is 0.0798 e. The zero-order chi connectivity index (χ0) is 10.3. The molecule has 72 valence electrons. The average Bonchev–Trinajstić information content (AvgIpc) is 2.29. The standard InChI is InChI=1S/C13H10N2/c1-9-6-8-14-11-5-4-10-3-2-7-15-13(10)12(9)11/h2-8H,1H3. The van der Waals surface area contributed by atoms with E-state index in [0.29, 0.717) is 0 Å². The van der Waals surface area contributed by atoms with E-state index in [2.05, 4.69) is 29.0 Å². The molecule has 2 nitrogen and oxygen atoms in total. The summed E-state index contributed by atoms with van der Waals surface area (Å²) in [5.74, 6) is 0. The van der Waals surface area contributed by atoms with Crippen molar-refractivity contribution in [3.05, 3.63) is 48.3 Å². The van der Waals surface area contributed by atoms with Crippen LogP contribution >= 0.6 is 0 Å². The van der Waals surface area contributed by atoms with Gasteiger partial charge in [0, 0.05) is 23.2 Å². The van der Waals surface area contributed by atoms with Crippen LogP contribution in [0.1, 0.15) is 5.56 Å². The Morgan fingerprint density at radius 2 is 1.87 bits per heavy atom. The third kappa shape index (κ3) is 1.18. The van der Waals surface area contributed by atoms with Crippen molar-refractivity contribution < 1.29 is 0 Å². The molecule has 0 spiro atoms. The highest BCUT2D eigenvalue weighted by atomic mass is 14.7. The number of hydrogen-bond acceptors (Lipinski definition) is 2. The van der Waals surface area contributed by atoms with Crippen molar-refractivity contribution in [1.82, 2.24) is 9.97 Å². The summed E-state index contributed by atoms with van der Waals surface area (Å²) >= 11 is 0. The third-order valence-electron chi connectivity index (χ3n) is 2.69. The van der Waals surface area contributed by atoms with Crippen molar-refractivity contribution in [2.75, 3.05) is 0 Å². The van der Waals surface area contributed by atoms with Gasteiger partial charge in [-0.1, -0.05) is 12.1 Å². The summed E-state index contributed by atoms with van der Waals surface area (Å²) in [5, 5.41) is 2.33. The van der Waals surface area contributed by atoms with Crippen LogP contribution in [0.2, 0.25) is 0 Å². The first kappa shape index (κ1) is 8.36. The van der Waals surface area contributed by atoms with Gasteiger partial charge >= 0.3 is 0 Å². The molecule has 2 heteroatoms. The minimum atomic E-state index is 1.02. The molecule has 0 unspecified atom stereocenters. The van der Waals surface area contributed by atoms with Crippen LogP contribution in [0.5, 0.6) is 0 Å². The fraction of sp³-hybridized carbons (Fsp3) is 0.0769. The monoisotopic (exact) mass is 194 g/mol. The van der Waals surface area contributed by atoms with E-state index in [1.165, 1.54) is 10.9 Å². The molecule has 1 aromatic carbocycles. The van der Waals surface area contributed by atoms with Crippen molar-refractivity contribution >= 4 is 21.8 Å². The molecule has 2 heterocycles. The maximum absolute atomic E-state index is 4.43. The first-order chi connectivity index (χ1) is 7.36. The lowest BCUT2D eigenvalue weighted by Crippen LogP contribution is -1.86. The highest BCUT2D eigenvalue weighted by Crippen LogP contribution is 2.24. The number of fused-ring (bicyclic) bond motifs is 3. The Kier molecular flexibility index (Phi) is 1.68. The van der Waals surface area contributed by atoms with E-state index in [0.717, 1.165) is 16.4 Å². The molecule has 15 heavy (non-hydrogen) atoms. The Labute approximate surface area is 87.6 Å². The molecule has 2 aromatic heterocycles. The molecule has 0 bridgehead atoms. The molecule has 3 aromatic rings. The molecule has 0 atom stereocenters. The van der Waals surface area contributed by atoms with Crippen molar-refractivity contribution in [3.63, 3.8) is 0 Å². The van der Waals surface area contributed by atoms with Crippen molar-refractivity contribution in [2.24, 2.45) is 0 Å². The van der Waals surface area contributed by atoms with E-state index in [-0.39, 0.29) is 0 Å². The van der Waals surface area contributed by atoms with Crippen molar-refractivity contribution in [2.45, 2.75) is 6.92 Å². The molecule has 0 amide bonds. The molecule has 0 aliphatic heterocycles. The Hall–Kier alpha value is -1.96. The van der Waals surface area contributed by atoms with E-state index >= 15 is 0 Å². The van der Waals surface area contributed by atoms with Crippen LogP contribution in [0.15, 0.2) is 42.7 Å². The second-order valence-electron chi connectivity index (χ2n) is 3.66. The topological polar surface area (TPSA) is 25.8 Å². The van der Waals surface area contributed by atoms with E-state index in [1.54, 1.807) is 0 Å². The SMILES string of the molecule is Cc1ccnc2ccc3cccnc3c12. The van der Waals surface area contributed by atoms with E-state index < -0.39 is 0 Å². The lowest BCUT2D eigenvalue weighted by atomic mass is 10.1. The minimum Gasteiger partial charge on any atom is -0.256 e. The van der Waals surface area contributed by atoms with Crippen LogP contribution in [0.4, 0.5) is 0 Å². The second-order valence-corrected chi connectivity index (χ2v) is 3.66. The highest BCUT2D eigenvalue weighted by molar-refractivity contribution is 6.05. The number of aryl methyl sites for hydroxylation is 1. The van der Waals surface area contributed by atoms with Gasteiger partial charge in [0.05, 0.1) is 11.0 Å². The number of pyridine rings is 2. The first-order valence-corrected chi connectivity index (χ1v) is 4.95. The van der Waals surface area contributed by atoms with Gasteiger partial charge in [-0.25, -0.2) is 0 Å². The summed E-state index contributed by atoms with van der Waals surface area (Å²) in [5.41, 5.74) is 3.28. The van der Waals surface area contributed by atoms with Gasteiger partial charge in [-0.3, -0.25) is 9.97 Å². The van der Waals surface area contributed by atoms with Crippen LogP contribution < -0.4 is 0 Å². The zero-order valence-electron chi connectivity index (χ0n) is 8.44. The third-order valence-corrected chi connectivity index (χ3v) is 2.69. The molecule has 0 fully saturated rings. The van der Waals surface area contributed by atoms with Gasteiger partial charge in [-0.15, -0.1) is 0 Å². The minimum absolute atomic E-state index is 1.02. The number of benzene rings is 1. The first-order valence-electron chi connectivity index (χ1n) is 4.95. The predicted octanol–water partition coefficient (Wildman–Crippen LogP) is 3.09. The fourth-order valence-corrected chi connectivity index (χ4v) is 1.94. The van der Waals surface area contributed by atoms with Crippen LogP contribution in [0.25, 0.3) is 21.8 Å². The van der Waals surface area contributed by atoms with E-state index in [9.17, 15) is 0 Å². The molecule has 0 radical (unpaired) electrons. The summed E-state index contributed by atoms with van der Waals surface area (Å²) in [6.45, 7) is 2.10. The van der Waals surface area contributed by atoms with Gasteiger partial charge in [0.1, 0.15) is 0 Å². The molecule has 0 aliphatic rings. The summed E-state index contributed by atoms with van der Waals surface area (Å²) in [7, 11) is 0. The maximum atomic E-state index is 4.43. The van der Waals surface area contributed by atoms with Crippen LogP contribution in [0.3, 0.4) is 0 Å². The average molecular weight is 194 g/mol. The molecule has 0 N–H and O–H groups in total. The van der Waals surface area contributed by atoms with Gasteiger partial charge in [0.2, 0.25) is 0 Å². The number of nitrogens with zero attached hydrogens (tertiary/aromatic N) is 2. The molecule has 0 saturated heterocycles. The lowest BCUT2D eigenvalue weighted by Gasteiger charge is -2.04. The largest absolute Gasteiger partial charge is 0.256 e. The molecule has 0 aliphatic carbocycles. The summed E-state index contributed by atoms with van der Waals surface area (Å²) in [6, 6.07) is 10.2. The summed E-state index contributed by atoms with van der Waals surface area (Å²) < 4.78 is 0. The van der Waals surface area contributed by atoms with Gasteiger partial charge in [0.25, 0.3) is 0 Å². The number of hydrogen-bond donors (Lipinski definition) is 0. The van der Waals surface area contributed by atoms with Gasteiger partial charge < -0.3 is 0 Å². The van der Waals surface area contributed by atoms with Crippen LogP contribution in [-0.4, -0.2) is 9.97 Å². The molecular formula is C13H10N2. The van der Waals surface area contributed by atoms with Crippen molar-refractivity contribution in [1.29, 1.82) is 0 Å². The van der Waals surface area contributed by atoms with E-state index in [4.69, 9.17) is 0 Å². The second kappa shape index (κ2) is 3.02. The van der Waals surface area contributed by atoms with Gasteiger partial charge in [-0.05, 0) is 30.7 Å². The smallest absolute Gasteiger partial charge is 0.0798 e. The Balaban J connectivity index is 2.64. The summed E-state index contributed by atoms with van der Waals surface area (Å²) in [6.07, 6.45) is 3.67.